The van der Waals surface area contributed by atoms with Gasteiger partial charge in [-0.2, -0.15) is 0 Å². The highest BCUT2D eigenvalue weighted by molar-refractivity contribution is 5.71. The molecule has 1 saturated heterocycles. The predicted octanol–water partition coefficient (Wildman–Crippen LogP) is 6.46. The van der Waals surface area contributed by atoms with Gasteiger partial charge in [-0.3, -0.25) is 0 Å². The van der Waals surface area contributed by atoms with Crippen molar-refractivity contribution in [2.45, 2.75) is 25.9 Å². The monoisotopic (exact) mass is 368 g/mol. The van der Waals surface area contributed by atoms with E-state index in [1.165, 1.54) is 6.07 Å². The van der Waals surface area contributed by atoms with Crippen LogP contribution in [0.1, 0.15) is 30.6 Å². The zero-order valence-corrected chi connectivity index (χ0v) is 14.9. The van der Waals surface area contributed by atoms with Gasteiger partial charge in [0.25, 0.3) is 0 Å². The Kier molecular flexibility index (Phi) is 4.75. The van der Waals surface area contributed by atoms with Gasteiger partial charge in [0.15, 0.2) is 11.6 Å². The molecule has 0 aromatic heterocycles. The van der Waals surface area contributed by atoms with E-state index >= 15 is 0 Å². The number of ether oxygens (including phenoxy) is 1. The Morgan fingerprint density at radius 3 is 2.15 bits per heavy atom. The molecule has 4 heteroatoms. The van der Waals surface area contributed by atoms with Crippen LogP contribution in [0.4, 0.5) is 13.2 Å². The van der Waals surface area contributed by atoms with Crippen molar-refractivity contribution in [2.24, 2.45) is 0 Å². The summed E-state index contributed by atoms with van der Waals surface area (Å²) in [7, 11) is 0. The molecule has 0 spiro atoms. The van der Waals surface area contributed by atoms with Gasteiger partial charge >= 0.3 is 0 Å². The van der Waals surface area contributed by atoms with Crippen LogP contribution in [0.25, 0.3) is 22.3 Å². The topological polar surface area (TPSA) is 12.5 Å². The highest BCUT2D eigenvalue weighted by atomic mass is 19.2. The van der Waals surface area contributed by atoms with Crippen molar-refractivity contribution in [1.29, 1.82) is 0 Å². The molecule has 138 valence electrons. The molecule has 3 aromatic carbocycles. The molecule has 0 radical (unpaired) electrons. The lowest BCUT2D eigenvalue weighted by atomic mass is 9.97. The van der Waals surface area contributed by atoms with Crippen LogP contribution in [0.3, 0.4) is 0 Å². The summed E-state index contributed by atoms with van der Waals surface area (Å²) in [5, 5.41) is 0. The molecular formula is C23H19F3O. The third-order valence-electron chi connectivity index (χ3n) is 4.89. The van der Waals surface area contributed by atoms with Crippen molar-refractivity contribution in [3.8, 4) is 22.3 Å². The summed E-state index contributed by atoms with van der Waals surface area (Å²) in [4.78, 5) is 0. The lowest BCUT2D eigenvalue weighted by molar-refractivity contribution is 0.408. The third kappa shape index (κ3) is 3.50. The summed E-state index contributed by atoms with van der Waals surface area (Å²) >= 11 is 0. The van der Waals surface area contributed by atoms with Crippen LogP contribution < -0.4 is 0 Å². The van der Waals surface area contributed by atoms with Crippen LogP contribution >= 0.6 is 0 Å². The number of hydrogen-bond donors (Lipinski definition) is 0. The zero-order valence-electron chi connectivity index (χ0n) is 14.9. The second-order valence-corrected chi connectivity index (χ2v) is 6.79. The van der Waals surface area contributed by atoms with Gasteiger partial charge in [0.1, 0.15) is 11.9 Å². The standard InChI is InChI=1S/C23H19F3O/c1-2-3-16-8-10-18(23(26)22(16)25)15-6-4-14(5-7-15)17-9-11-19(20(24)12-17)21-13-27-21/h4-12,21H,2-3,13H2,1H3. The van der Waals surface area contributed by atoms with Crippen molar-refractivity contribution >= 4 is 0 Å². The molecule has 1 unspecified atom stereocenters. The summed E-state index contributed by atoms with van der Waals surface area (Å²) < 4.78 is 48.0. The SMILES string of the molecule is CCCc1ccc(-c2ccc(-c3ccc(C4CO4)c(F)c3)cc2)c(F)c1F. The van der Waals surface area contributed by atoms with Gasteiger partial charge in [0.2, 0.25) is 0 Å². The average molecular weight is 368 g/mol. The molecule has 1 fully saturated rings. The molecule has 1 heterocycles. The average Bonchev–Trinajstić information content (AvgIpc) is 3.51. The van der Waals surface area contributed by atoms with E-state index < -0.39 is 11.6 Å². The van der Waals surface area contributed by atoms with E-state index in [2.05, 4.69) is 0 Å². The van der Waals surface area contributed by atoms with Crippen molar-refractivity contribution in [3.05, 3.63) is 83.2 Å². The Hall–Kier alpha value is -2.59. The number of hydrogen-bond acceptors (Lipinski definition) is 1. The maximum absolute atomic E-state index is 14.4. The molecule has 3 aromatic rings. The van der Waals surface area contributed by atoms with Crippen LogP contribution in [0.5, 0.6) is 0 Å². The van der Waals surface area contributed by atoms with Gasteiger partial charge in [0.05, 0.1) is 6.61 Å². The maximum Gasteiger partial charge on any atom is 0.166 e. The molecule has 1 atom stereocenters. The fraction of sp³-hybridized carbons (Fsp3) is 0.217. The van der Waals surface area contributed by atoms with E-state index in [4.69, 9.17) is 4.74 Å². The second kappa shape index (κ2) is 7.20. The molecule has 0 amide bonds. The normalized spacial score (nSPS) is 15.8. The van der Waals surface area contributed by atoms with E-state index in [0.717, 1.165) is 17.5 Å². The molecule has 0 bridgehead atoms. The van der Waals surface area contributed by atoms with E-state index in [1.54, 1.807) is 42.5 Å². The van der Waals surface area contributed by atoms with Gasteiger partial charge in [-0.15, -0.1) is 0 Å². The van der Waals surface area contributed by atoms with Crippen molar-refractivity contribution in [3.63, 3.8) is 0 Å². The predicted molar refractivity (Wildman–Crippen MR) is 99.9 cm³/mol. The van der Waals surface area contributed by atoms with Gasteiger partial charge in [-0.1, -0.05) is 61.9 Å². The molecule has 0 N–H and O–H groups in total. The van der Waals surface area contributed by atoms with Crippen LogP contribution in [0, 0.1) is 17.5 Å². The minimum atomic E-state index is -0.825. The number of benzene rings is 3. The second-order valence-electron chi connectivity index (χ2n) is 6.79. The minimum absolute atomic E-state index is 0.130. The fourth-order valence-electron chi connectivity index (χ4n) is 3.31. The van der Waals surface area contributed by atoms with Gasteiger partial charge in [-0.05, 0) is 34.7 Å². The van der Waals surface area contributed by atoms with Crippen molar-refractivity contribution in [1.82, 2.24) is 0 Å². The third-order valence-corrected chi connectivity index (χ3v) is 4.89. The first kappa shape index (κ1) is 17.8. The van der Waals surface area contributed by atoms with E-state index in [1.807, 2.05) is 13.0 Å². The Morgan fingerprint density at radius 1 is 0.852 bits per heavy atom. The highest BCUT2D eigenvalue weighted by Gasteiger charge is 2.27. The fourth-order valence-corrected chi connectivity index (χ4v) is 3.31. The summed E-state index contributed by atoms with van der Waals surface area (Å²) in [5.41, 5.74) is 3.32. The minimum Gasteiger partial charge on any atom is -0.368 e. The quantitative estimate of drug-likeness (QED) is 0.471. The molecule has 27 heavy (non-hydrogen) atoms. The number of halogens is 3. The Morgan fingerprint density at radius 2 is 1.52 bits per heavy atom. The summed E-state index contributed by atoms with van der Waals surface area (Å²) in [6, 6.07) is 15.3. The smallest absolute Gasteiger partial charge is 0.166 e. The maximum atomic E-state index is 14.4. The lowest BCUT2D eigenvalue weighted by Gasteiger charge is -2.10. The Bertz CT molecular complexity index is 976. The van der Waals surface area contributed by atoms with E-state index in [-0.39, 0.29) is 17.5 Å². The Labute approximate surface area is 156 Å². The highest BCUT2D eigenvalue weighted by Crippen LogP contribution is 2.34. The first-order valence-corrected chi connectivity index (χ1v) is 9.07. The molecule has 1 aliphatic heterocycles. The van der Waals surface area contributed by atoms with Crippen LogP contribution in [-0.2, 0) is 11.2 Å². The van der Waals surface area contributed by atoms with Gasteiger partial charge in [0, 0.05) is 11.1 Å². The van der Waals surface area contributed by atoms with E-state index in [9.17, 15) is 13.2 Å². The molecule has 0 saturated carbocycles. The first-order chi connectivity index (χ1) is 13.1. The van der Waals surface area contributed by atoms with Gasteiger partial charge < -0.3 is 4.74 Å². The molecule has 0 aliphatic carbocycles. The Balaban J connectivity index is 1.63. The molecule has 4 rings (SSSR count). The summed E-state index contributed by atoms with van der Waals surface area (Å²) in [6.45, 7) is 2.49. The summed E-state index contributed by atoms with van der Waals surface area (Å²) in [6.07, 6.45) is 1.14. The number of rotatable bonds is 5. The molecule has 1 aliphatic rings. The van der Waals surface area contributed by atoms with Crippen molar-refractivity contribution in [2.75, 3.05) is 6.61 Å². The van der Waals surface area contributed by atoms with Crippen LogP contribution in [0.15, 0.2) is 54.6 Å². The van der Waals surface area contributed by atoms with E-state index in [0.29, 0.717) is 29.7 Å². The zero-order chi connectivity index (χ0) is 19.0. The summed E-state index contributed by atoms with van der Waals surface area (Å²) in [5.74, 6) is -1.90. The largest absolute Gasteiger partial charge is 0.368 e. The number of epoxide rings is 1. The molecular weight excluding hydrogens is 349 g/mol. The number of aryl methyl sites for hydroxylation is 1. The van der Waals surface area contributed by atoms with Gasteiger partial charge in [-0.25, -0.2) is 13.2 Å². The van der Waals surface area contributed by atoms with Crippen LogP contribution in [-0.4, -0.2) is 6.61 Å². The lowest BCUT2D eigenvalue weighted by Crippen LogP contribution is -1.97. The first-order valence-electron chi connectivity index (χ1n) is 9.07. The molecule has 1 nitrogen and oxygen atoms in total. The van der Waals surface area contributed by atoms with Crippen molar-refractivity contribution < 1.29 is 17.9 Å². The van der Waals surface area contributed by atoms with Crippen LogP contribution in [0.2, 0.25) is 0 Å².